The topological polar surface area (TPSA) is 80.3 Å². The second-order valence-corrected chi connectivity index (χ2v) is 8.22. The van der Waals surface area contributed by atoms with E-state index in [1.807, 2.05) is 0 Å². The number of Topliss-reactive ketones (excluding diaryl/α,β-unsaturated/α-hetero) is 1. The third kappa shape index (κ3) is 3.68. The highest BCUT2D eigenvalue weighted by Gasteiger charge is 2.38. The standard InChI is InChI=1S/C25H26O7/c1-13(2)10-15-12-20(26)31-17-9-7-16-22(27)19(32-24(16)21(15)17)11-14-6-8-18(28-3)25(30-5)23(14)29-4/h6-9,11,13,15H,10,12H2,1-5H3/b19-11-. The van der Waals surface area contributed by atoms with E-state index in [0.717, 1.165) is 12.0 Å². The lowest BCUT2D eigenvalue weighted by Gasteiger charge is -2.27. The van der Waals surface area contributed by atoms with E-state index in [4.69, 9.17) is 23.7 Å². The zero-order valence-corrected chi connectivity index (χ0v) is 18.8. The summed E-state index contributed by atoms with van der Waals surface area (Å²) in [5.41, 5.74) is 1.85. The Morgan fingerprint density at radius 1 is 1.00 bits per heavy atom. The quantitative estimate of drug-likeness (QED) is 0.365. The van der Waals surface area contributed by atoms with Gasteiger partial charge < -0.3 is 23.7 Å². The molecule has 2 aromatic rings. The summed E-state index contributed by atoms with van der Waals surface area (Å²) >= 11 is 0. The lowest BCUT2D eigenvalue weighted by atomic mass is 9.84. The second kappa shape index (κ2) is 8.57. The van der Waals surface area contributed by atoms with E-state index in [1.165, 1.54) is 14.2 Å². The summed E-state index contributed by atoms with van der Waals surface area (Å²) in [6.07, 6.45) is 2.68. The average Bonchev–Trinajstić information content (AvgIpc) is 3.07. The average molecular weight is 438 g/mol. The van der Waals surface area contributed by atoms with Gasteiger partial charge in [-0.25, -0.2) is 0 Å². The van der Waals surface area contributed by atoms with Gasteiger partial charge in [-0.1, -0.05) is 13.8 Å². The van der Waals surface area contributed by atoms with Gasteiger partial charge in [-0.05, 0) is 42.7 Å². The van der Waals surface area contributed by atoms with Gasteiger partial charge in [0.1, 0.15) is 11.5 Å². The maximum atomic E-state index is 13.2. The second-order valence-electron chi connectivity index (χ2n) is 8.22. The Hall–Kier alpha value is -3.48. The van der Waals surface area contributed by atoms with Crippen molar-refractivity contribution in [3.8, 4) is 28.7 Å². The molecular weight excluding hydrogens is 412 g/mol. The van der Waals surface area contributed by atoms with E-state index in [1.54, 1.807) is 37.5 Å². The van der Waals surface area contributed by atoms with E-state index < -0.39 is 0 Å². The van der Waals surface area contributed by atoms with Crippen molar-refractivity contribution >= 4 is 17.8 Å². The molecule has 2 aliphatic rings. The third-order valence-corrected chi connectivity index (χ3v) is 5.66. The number of benzene rings is 2. The molecule has 0 N–H and O–H groups in total. The third-order valence-electron chi connectivity index (χ3n) is 5.66. The van der Waals surface area contributed by atoms with Crippen LogP contribution in [-0.2, 0) is 4.79 Å². The van der Waals surface area contributed by atoms with Gasteiger partial charge >= 0.3 is 5.97 Å². The Kier molecular flexibility index (Phi) is 5.82. The molecule has 7 heteroatoms. The number of allylic oxidation sites excluding steroid dienone is 1. The molecule has 0 aromatic heterocycles. The normalized spacial score (nSPS) is 18.2. The maximum absolute atomic E-state index is 13.2. The number of rotatable bonds is 6. The number of fused-ring (bicyclic) bond motifs is 3. The summed E-state index contributed by atoms with van der Waals surface area (Å²) in [6.45, 7) is 4.20. The Balaban J connectivity index is 1.78. The molecule has 0 saturated heterocycles. The molecular formula is C25H26O7. The smallest absolute Gasteiger partial charge is 0.311 e. The Bertz CT molecular complexity index is 1110. The van der Waals surface area contributed by atoms with Gasteiger partial charge in [-0.2, -0.15) is 0 Å². The number of ketones is 1. The van der Waals surface area contributed by atoms with Gasteiger partial charge in [0.15, 0.2) is 17.3 Å². The van der Waals surface area contributed by atoms with Gasteiger partial charge in [-0.15, -0.1) is 0 Å². The predicted molar refractivity (Wildman–Crippen MR) is 118 cm³/mol. The number of carbonyl (C=O) groups is 2. The highest BCUT2D eigenvalue weighted by molar-refractivity contribution is 6.15. The molecule has 7 nitrogen and oxygen atoms in total. The monoisotopic (exact) mass is 438 g/mol. The predicted octanol–water partition coefficient (Wildman–Crippen LogP) is 4.77. The molecule has 32 heavy (non-hydrogen) atoms. The molecule has 168 valence electrons. The van der Waals surface area contributed by atoms with Crippen LogP contribution in [0.5, 0.6) is 28.7 Å². The number of methoxy groups -OCH3 is 3. The minimum absolute atomic E-state index is 0.0658. The van der Waals surface area contributed by atoms with Crippen molar-refractivity contribution in [2.45, 2.75) is 32.6 Å². The lowest BCUT2D eigenvalue weighted by molar-refractivity contribution is -0.136. The molecule has 0 spiro atoms. The van der Waals surface area contributed by atoms with Crippen molar-refractivity contribution in [2.75, 3.05) is 21.3 Å². The first-order valence-electron chi connectivity index (χ1n) is 10.5. The van der Waals surface area contributed by atoms with Crippen molar-refractivity contribution in [1.29, 1.82) is 0 Å². The largest absolute Gasteiger partial charge is 0.493 e. The minimum Gasteiger partial charge on any atom is -0.493 e. The lowest BCUT2D eigenvalue weighted by Crippen LogP contribution is -2.21. The molecule has 2 aromatic carbocycles. The molecule has 2 heterocycles. The molecule has 0 saturated carbocycles. The number of hydrogen-bond acceptors (Lipinski definition) is 7. The molecule has 2 aliphatic heterocycles. The van der Waals surface area contributed by atoms with Crippen LogP contribution in [0.1, 0.15) is 54.1 Å². The fourth-order valence-corrected chi connectivity index (χ4v) is 4.35. The first kappa shape index (κ1) is 21.7. The van der Waals surface area contributed by atoms with E-state index in [0.29, 0.717) is 45.8 Å². The molecule has 0 aliphatic carbocycles. The zero-order chi connectivity index (χ0) is 23.0. The minimum atomic E-state index is -0.266. The van der Waals surface area contributed by atoms with Crippen molar-refractivity contribution in [2.24, 2.45) is 5.92 Å². The van der Waals surface area contributed by atoms with Gasteiger partial charge in [0, 0.05) is 17.0 Å². The Morgan fingerprint density at radius 2 is 1.75 bits per heavy atom. The highest BCUT2D eigenvalue weighted by atomic mass is 16.5. The highest BCUT2D eigenvalue weighted by Crippen LogP contribution is 2.49. The van der Waals surface area contributed by atoms with E-state index in [2.05, 4.69) is 13.8 Å². The number of hydrogen-bond donors (Lipinski definition) is 0. The van der Waals surface area contributed by atoms with Gasteiger partial charge in [0.05, 0.1) is 33.3 Å². The fraction of sp³-hybridized carbons (Fsp3) is 0.360. The summed E-state index contributed by atoms with van der Waals surface area (Å²) < 4.78 is 27.8. The Morgan fingerprint density at radius 3 is 2.41 bits per heavy atom. The van der Waals surface area contributed by atoms with E-state index in [9.17, 15) is 9.59 Å². The van der Waals surface area contributed by atoms with Crippen molar-refractivity contribution < 1.29 is 33.3 Å². The van der Waals surface area contributed by atoms with Crippen LogP contribution in [0.15, 0.2) is 30.0 Å². The number of ether oxygens (including phenoxy) is 5. The summed E-state index contributed by atoms with van der Waals surface area (Å²) in [6, 6.07) is 6.83. The van der Waals surface area contributed by atoms with Crippen LogP contribution in [0.3, 0.4) is 0 Å². The molecule has 0 amide bonds. The molecule has 4 rings (SSSR count). The van der Waals surface area contributed by atoms with Crippen LogP contribution < -0.4 is 23.7 Å². The number of esters is 1. The SMILES string of the molecule is COc1ccc(/C=C2\Oc3c(ccc4c3C(CC(C)C)CC(=O)O4)C2=O)c(OC)c1OC. The summed E-state index contributed by atoms with van der Waals surface area (Å²) in [4.78, 5) is 25.3. The maximum Gasteiger partial charge on any atom is 0.311 e. The number of carbonyl (C=O) groups excluding carboxylic acids is 2. The fourth-order valence-electron chi connectivity index (χ4n) is 4.35. The van der Waals surface area contributed by atoms with Crippen molar-refractivity contribution in [3.05, 3.63) is 46.7 Å². The molecule has 1 atom stereocenters. The van der Waals surface area contributed by atoms with Crippen LogP contribution >= 0.6 is 0 Å². The molecule has 0 radical (unpaired) electrons. The Labute approximate surface area is 186 Å². The van der Waals surface area contributed by atoms with E-state index >= 15 is 0 Å². The van der Waals surface area contributed by atoms with Crippen molar-refractivity contribution in [3.63, 3.8) is 0 Å². The van der Waals surface area contributed by atoms with Crippen LogP contribution in [0.25, 0.3) is 6.08 Å². The summed E-state index contributed by atoms with van der Waals surface area (Å²) in [5.74, 6) is 2.27. The zero-order valence-electron chi connectivity index (χ0n) is 18.8. The van der Waals surface area contributed by atoms with Gasteiger partial charge in [0.25, 0.3) is 0 Å². The molecule has 1 unspecified atom stereocenters. The van der Waals surface area contributed by atoms with Crippen LogP contribution in [0, 0.1) is 5.92 Å². The summed E-state index contributed by atoms with van der Waals surface area (Å²) in [7, 11) is 4.58. The first-order valence-corrected chi connectivity index (χ1v) is 10.5. The van der Waals surface area contributed by atoms with Gasteiger partial charge in [-0.3, -0.25) is 9.59 Å². The van der Waals surface area contributed by atoms with Crippen molar-refractivity contribution in [1.82, 2.24) is 0 Å². The van der Waals surface area contributed by atoms with Crippen LogP contribution in [0.2, 0.25) is 0 Å². The van der Waals surface area contributed by atoms with Crippen LogP contribution in [-0.4, -0.2) is 33.1 Å². The van der Waals surface area contributed by atoms with Gasteiger partial charge in [0.2, 0.25) is 11.5 Å². The summed E-state index contributed by atoms with van der Waals surface area (Å²) in [5, 5.41) is 0. The van der Waals surface area contributed by atoms with Crippen LogP contribution in [0.4, 0.5) is 0 Å². The molecule has 0 fully saturated rings. The molecule has 0 bridgehead atoms. The first-order chi connectivity index (χ1) is 15.4. The van der Waals surface area contributed by atoms with E-state index in [-0.39, 0.29) is 29.9 Å².